The number of Topliss-reactive ketones (excluding diaryl/α,β-unsaturated/α-hetero) is 1. The van der Waals surface area contributed by atoms with Crippen LogP contribution in [0.15, 0.2) is 36.4 Å². The van der Waals surface area contributed by atoms with Crippen molar-refractivity contribution in [3.8, 4) is 0 Å². The molecule has 0 saturated carbocycles. The van der Waals surface area contributed by atoms with Crippen molar-refractivity contribution in [2.24, 2.45) is 0 Å². The fourth-order valence-corrected chi connectivity index (χ4v) is 1.91. The molecule has 0 heterocycles. The molecule has 0 saturated heterocycles. The summed E-state index contributed by atoms with van der Waals surface area (Å²) in [4.78, 5) is 23.6. The summed E-state index contributed by atoms with van der Waals surface area (Å²) in [6.45, 7) is -0.433. The van der Waals surface area contributed by atoms with E-state index in [4.69, 9.17) is 11.6 Å². The maximum atomic E-state index is 13.4. The summed E-state index contributed by atoms with van der Waals surface area (Å²) in [7, 11) is 0. The van der Waals surface area contributed by atoms with Crippen molar-refractivity contribution >= 4 is 23.3 Å². The van der Waals surface area contributed by atoms with Gasteiger partial charge < -0.3 is 5.32 Å². The van der Waals surface area contributed by atoms with Gasteiger partial charge in [-0.2, -0.15) is 0 Å². The first kappa shape index (κ1) is 16.0. The molecule has 3 nitrogen and oxygen atoms in total. The van der Waals surface area contributed by atoms with Crippen molar-refractivity contribution in [3.63, 3.8) is 0 Å². The lowest BCUT2D eigenvalue weighted by Crippen LogP contribution is -2.30. The second-order valence-electron chi connectivity index (χ2n) is 4.34. The number of halogens is 4. The monoisotopic (exact) mass is 327 g/mol. The van der Waals surface area contributed by atoms with E-state index < -0.39 is 41.3 Å². The Labute approximate surface area is 128 Å². The summed E-state index contributed by atoms with van der Waals surface area (Å²) in [5, 5.41) is 2.49. The third-order valence-corrected chi connectivity index (χ3v) is 3.07. The summed E-state index contributed by atoms with van der Waals surface area (Å²) in [6, 6.07) is 7.48. The summed E-state index contributed by atoms with van der Waals surface area (Å²) in [5.74, 6) is -6.23. The third-order valence-electron chi connectivity index (χ3n) is 2.84. The molecule has 2 rings (SSSR count). The van der Waals surface area contributed by atoms with Gasteiger partial charge in [0.15, 0.2) is 23.2 Å². The Bertz CT molecular complexity index is 750. The summed E-state index contributed by atoms with van der Waals surface area (Å²) >= 11 is 5.73. The molecule has 1 N–H and O–H groups in total. The quantitative estimate of drug-likeness (QED) is 0.691. The SMILES string of the molecule is O=C(CNC(=O)c1ccc(F)c(F)c1F)c1cccc(Cl)c1. The van der Waals surface area contributed by atoms with Gasteiger partial charge in [-0.25, -0.2) is 13.2 Å². The van der Waals surface area contributed by atoms with E-state index in [-0.39, 0.29) is 5.56 Å². The maximum Gasteiger partial charge on any atom is 0.254 e. The third kappa shape index (κ3) is 3.46. The normalized spacial score (nSPS) is 10.4. The van der Waals surface area contributed by atoms with Crippen molar-refractivity contribution in [2.45, 2.75) is 0 Å². The maximum absolute atomic E-state index is 13.4. The van der Waals surface area contributed by atoms with Gasteiger partial charge in [0.1, 0.15) is 0 Å². The molecular weight excluding hydrogens is 319 g/mol. The highest BCUT2D eigenvalue weighted by Gasteiger charge is 2.19. The van der Waals surface area contributed by atoms with E-state index in [2.05, 4.69) is 5.32 Å². The van der Waals surface area contributed by atoms with Crippen molar-refractivity contribution in [1.29, 1.82) is 0 Å². The Hall–Kier alpha value is -2.34. The zero-order chi connectivity index (χ0) is 16.3. The van der Waals surface area contributed by atoms with Crippen molar-refractivity contribution in [3.05, 3.63) is 70.0 Å². The van der Waals surface area contributed by atoms with Gasteiger partial charge in [-0.05, 0) is 24.3 Å². The first-order valence-electron chi connectivity index (χ1n) is 6.10. The first-order valence-corrected chi connectivity index (χ1v) is 6.48. The molecule has 2 aromatic rings. The zero-order valence-corrected chi connectivity index (χ0v) is 11.8. The molecule has 114 valence electrons. The fraction of sp³-hybridized carbons (Fsp3) is 0.0667. The van der Waals surface area contributed by atoms with Crippen LogP contribution in [0, 0.1) is 17.5 Å². The smallest absolute Gasteiger partial charge is 0.254 e. The largest absolute Gasteiger partial charge is 0.344 e. The molecule has 1 amide bonds. The molecule has 0 atom stereocenters. The van der Waals surface area contributed by atoms with Crippen LogP contribution < -0.4 is 5.32 Å². The van der Waals surface area contributed by atoms with Crippen molar-refractivity contribution in [1.82, 2.24) is 5.32 Å². The molecular formula is C15H9ClF3NO2. The highest BCUT2D eigenvalue weighted by Crippen LogP contribution is 2.15. The predicted octanol–water partition coefficient (Wildman–Crippen LogP) is 3.37. The lowest BCUT2D eigenvalue weighted by atomic mass is 10.1. The van der Waals surface area contributed by atoms with E-state index >= 15 is 0 Å². The molecule has 0 spiro atoms. The minimum Gasteiger partial charge on any atom is -0.344 e. The Morgan fingerprint density at radius 2 is 1.77 bits per heavy atom. The molecule has 0 aliphatic heterocycles. The van der Waals surface area contributed by atoms with Gasteiger partial charge in [-0.1, -0.05) is 23.7 Å². The van der Waals surface area contributed by atoms with E-state index in [1.807, 2.05) is 0 Å². The van der Waals surface area contributed by atoms with Gasteiger partial charge in [0.2, 0.25) is 0 Å². The van der Waals surface area contributed by atoms with E-state index in [0.717, 1.165) is 6.07 Å². The molecule has 0 aliphatic rings. The summed E-state index contributed by atoms with van der Waals surface area (Å²) < 4.78 is 39.3. The lowest BCUT2D eigenvalue weighted by molar-refractivity contribution is 0.0900. The molecule has 0 fully saturated rings. The number of hydrogen-bond acceptors (Lipinski definition) is 2. The minimum absolute atomic E-state index is 0.263. The van der Waals surface area contributed by atoms with Gasteiger partial charge in [-0.3, -0.25) is 9.59 Å². The van der Waals surface area contributed by atoms with Gasteiger partial charge >= 0.3 is 0 Å². The van der Waals surface area contributed by atoms with Crippen LogP contribution in [0.3, 0.4) is 0 Å². The fourth-order valence-electron chi connectivity index (χ4n) is 1.72. The van der Waals surface area contributed by atoms with Crippen LogP contribution in [0.4, 0.5) is 13.2 Å². The number of ketones is 1. The highest BCUT2D eigenvalue weighted by molar-refractivity contribution is 6.31. The minimum atomic E-state index is -1.74. The number of amides is 1. The average molecular weight is 328 g/mol. The van der Waals surface area contributed by atoms with Crippen LogP contribution in [0.2, 0.25) is 5.02 Å². The summed E-state index contributed by atoms with van der Waals surface area (Å²) in [5.41, 5.74) is -0.420. The van der Waals surface area contributed by atoms with Gasteiger partial charge in [0, 0.05) is 10.6 Å². The molecule has 7 heteroatoms. The van der Waals surface area contributed by atoms with Crippen LogP contribution >= 0.6 is 11.6 Å². The Morgan fingerprint density at radius 3 is 2.45 bits per heavy atom. The van der Waals surface area contributed by atoms with Crippen molar-refractivity contribution < 1.29 is 22.8 Å². The first-order chi connectivity index (χ1) is 10.4. The lowest BCUT2D eigenvalue weighted by Gasteiger charge is -2.07. The number of carbonyl (C=O) groups is 2. The highest BCUT2D eigenvalue weighted by atomic mass is 35.5. The van der Waals surface area contributed by atoms with Gasteiger partial charge in [0.25, 0.3) is 5.91 Å². The topological polar surface area (TPSA) is 46.2 Å². The second-order valence-corrected chi connectivity index (χ2v) is 4.78. The molecule has 0 unspecified atom stereocenters. The van der Waals surface area contributed by atoms with Gasteiger partial charge in [-0.15, -0.1) is 0 Å². The van der Waals surface area contributed by atoms with E-state index in [9.17, 15) is 22.8 Å². The number of rotatable bonds is 4. The Balaban J connectivity index is 2.07. The Kier molecular flexibility index (Phi) is 4.82. The molecule has 22 heavy (non-hydrogen) atoms. The van der Waals surface area contributed by atoms with Gasteiger partial charge in [0.05, 0.1) is 12.1 Å². The second kappa shape index (κ2) is 6.62. The predicted molar refractivity (Wildman–Crippen MR) is 74.4 cm³/mol. The zero-order valence-electron chi connectivity index (χ0n) is 11.0. The van der Waals surface area contributed by atoms with Crippen LogP contribution in [0.1, 0.15) is 20.7 Å². The Morgan fingerprint density at radius 1 is 1.05 bits per heavy atom. The number of benzene rings is 2. The standard InChI is InChI=1S/C15H9ClF3NO2/c16-9-3-1-2-8(6-9)12(21)7-20-15(22)10-4-5-11(17)14(19)13(10)18/h1-6H,7H2,(H,20,22). The molecule has 0 aliphatic carbocycles. The van der Waals surface area contributed by atoms with E-state index in [1.165, 1.54) is 12.1 Å². The number of hydrogen-bond donors (Lipinski definition) is 1. The molecule has 0 bridgehead atoms. The molecule has 0 radical (unpaired) electrons. The molecule has 2 aromatic carbocycles. The average Bonchev–Trinajstić information content (AvgIpc) is 2.50. The van der Waals surface area contributed by atoms with Crippen LogP contribution in [0.5, 0.6) is 0 Å². The number of nitrogens with one attached hydrogen (secondary N) is 1. The van der Waals surface area contributed by atoms with Crippen LogP contribution in [-0.4, -0.2) is 18.2 Å². The van der Waals surface area contributed by atoms with Crippen LogP contribution in [0.25, 0.3) is 0 Å². The van der Waals surface area contributed by atoms with E-state index in [0.29, 0.717) is 11.1 Å². The number of carbonyl (C=O) groups excluding carboxylic acids is 2. The van der Waals surface area contributed by atoms with E-state index in [1.54, 1.807) is 12.1 Å². The van der Waals surface area contributed by atoms with Crippen LogP contribution in [-0.2, 0) is 0 Å². The summed E-state index contributed by atoms with van der Waals surface area (Å²) in [6.07, 6.45) is 0. The van der Waals surface area contributed by atoms with Crippen molar-refractivity contribution in [2.75, 3.05) is 6.54 Å². The molecule has 0 aromatic heterocycles.